The first-order chi connectivity index (χ1) is 11.8. The van der Waals surface area contributed by atoms with Crippen molar-refractivity contribution in [2.45, 2.75) is 4.90 Å². The molecule has 3 aromatic rings. The summed E-state index contributed by atoms with van der Waals surface area (Å²) in [4.78, 5) is -0.298. The Morgan fingerprint density at radius 1 is 0.962 bits per heavy atom. The van der Waals surface area contributed by atoms with Crippen LogP contribution in [0.1, 0.15) is 1.43 Å². The first kappa shape index (κ1) is 21.1. The quantitative estimate of drug-likeness (QED) is 0.294. The summed E-state index contributed by atoms with van der Waals surface area (Å²) >= 11 is 11.9. The predicted molar refractivity (Wildman–Crippen MR) is 99.9 cm³/mol. The molecule has 0 aromatic heterocycles. The summed E-state index contributed by atoms with van der Waals surface area (Å²) in [7, 11) is -4.47. The van der Waals surface area contributed by atoms with Crippen LogP contribution in [0.5, 0.6) is 0 Å². The molecule has 0 aliphatic rings. The van der Waals surface area contributed by atoms with Gasteiger partial charge in [-0.3, -0.25) is 4.55 Å². The Morgan fingerprint density at radius 2 is 1.58 bits per heavy atom. The molecule has 0 aliphatic carbocycles. The summed E-state index contributed by atoms with van der Waals surface area (Å²) in [6, 6.07) is 12.4. The third kappa shape index (κ3) is 4.37. The Hall–Kier alpha value is -1.19. The summed E-state index contributed by atoms with van der Waals surface area (Å²) in [5.41, 5.74) is 6.74. The van der Waals surface area contributed by atoms with E-state index in [2.05, 4.69) is 10.2 Å². The molecule has 0 heterocycles. The van der Waals surface area contributed by atoms with Crippen LogP contribution in [-0.4, -0.2) is 13.0 Å². The molecule has 0 saturated heterocycles. The molecule has 10 heteroatoms. The minimum absolute atomic E-state index is 0. The van der Waals surface area contributed by atoms with Gasteiger partial charge in [0, 0.05) is 15.8 Å². The molecule has 0 aliphatic heterocycles. The van der Waals surface area contributed by atoms with Gasteiger partial charge in [0.15, 0.2) is 0 Å². The predicted octanol–water partition coefficient (Wildman–Crippen LogP) is 2.51. The molecule has 0 bridgehead atoms. The Morgan fingerprint density at radius 3 is 2.19 bits per heavy atom. The number of azo groups is 1. The minimum atomic E-state index is -4.47. The van der Waals surface area contributed by atoms with Crippen LogP contribution >= 0.6 is 23.2 Å². The smallest absolute Gasteiger partial charge is 1.00 e. The Balaban J connectivity index is 0.00000182. The van der Waals surface area contributed by atoms with E-state index in [1.54, 1.807) is 36.4 Å². The number of hydrogen-bond donors (Lipinski definition) is 2. The molecule has 3 N–H and O–H groups in total. The van der Waals surface area contributed by atoms with Gasteiger partial charge in [0.2, 0.25) is 0 Å². The number of hydrogen-bond acceptors (Lipinski definition) is 5. The maximum Gasteiger partial charge on any atom is 1.00 e. The van der Waals surface area contributed by atoms with Crippen molar-refractivity contribution in [3.63, 3.8) is 0 Å². The van der Waals surface area contributed by atoms with Crippen LogP contribution in [0, 0.1) is 0 Å². The minimum Gasteiger partial charge on any atom is -1.00 e. The number of anilines is 1. The molecule has 0 amide bonds. The van der Waals surface area contributed by atoms with Crippen molar-refractivity contribution in [1.82, 2.24) is 0 Å². The van der Waals surface area contributed by atoms with Gasteiger partial charge in [-0.25, -0.2) is 0 Å². The number of nitrogens with two attached hydrogens (primary N) is 1. The molecule has 0 fully saturated rings. The van der Waals surface area contributed by atoms with E-state index < -0.39 is 10.1 Å². The van der Waals surface area contributed by atoms with Crippen LogP contribution in [0.25, 0.3) is 10.8 Å². The number of benzene rings is 3. The van der Waals surface area contributed by atoms with E-state index in [-0.39, 0.29) is 52.3 Å². The summed E-state index contributed by atoms with van der Waals surface area (Å²) in [5.74, 6) is 0. The number of nitrogens with zero attached hydrogens (tertiary/aromatic N) is 2. The van der Waals surface area contributed by atoms with E-state index in [1.165, 1.54) is 12.1 Å². The van der Waals surface area contributed by atoms with Crippen molar-refractivity contribution in [2.24, 2.45) is 10.2 Å². The third-order valence-electron chi connectivity index (χ3n) is 3.48. The van der Waals surface area contributed by atoms with Crippen molar-refractivity contribution in [2.75, 3.05) is 5.73 Å². The number of halogens is 2. The van der Waals surface area contributed by atoms with E-state index in [0.717, 1.165) is 0 Å². The van der Waals surface area contributed by atoms with Crippen molar-refractivity contribution in [3.8, 4) is 0 Å². The second kappa shape index (κ2) is 8.22. The van der Waals surface area contributed by atoms with Crippen LogP contribution in [0.2, 0.25) is 10.0 Å². The first-order valence-electron chi connectivity index (χ1n) is 6.93. The van der Waals surface area contributed by atoms with Crippen molar-refractivity contribution >= 4 is 61.2 Å². The molecule has 26 heavy (non-hydrogen) atoms. The molecule has 0 radical (unpaired) electrons. The molecule has 0 saturated carbocycles. The van der Waals surface area contributed by atoms with E-state index in [1.807, 2.05) is 0 Å². The molecule has 0 spiro atoms. The molecular formula is C16H12Cl2N3NaO3S. The van der Waals surface area contributed by atoms with Crippen molar-refractivity contribution in [1.29, 1.82) is 0 Å². The normalized spacial score (nSPS) is 11.7. The monoisotopic (exact) mass is 419 g/mol. The zero-order chi connectivity index (χ0) is 18.2. The van der Waals surface area contributed by atoms with Gasteiger partial charge >= 0.3 is 29.6 Å². The fourth-order valence-electron chi connectivity index (χ4n) is 2.32. The van der Waals surface area contributed by atoms with Crippen LogP contribution < -0.4 is 35.3 Å². The Labute approximate surface area is 183 Å². The second-order valence-electron chi connectivity index (χ2n) is 5.12. The molecule has 130 valence electrons. The van der Waals surface area contributed by atoms with E-state index in [9.17, 15) is 13.0 Å². The second-order valence-corrected chi connectivity index (χ2v) is 7.36. The average molecular weight is 420 g/mol. The van der Waals surface area contributed by atoms with Crippen LogP contribution in [0.3, 0.4) is 0 Å². The van der Waals surface area contributed by atoms with Crippen molar-refractivity contribution in [3.05, 3.63) is 58.6 Å². The van der Waals surface area contributed by atoms with E-state index >= 15 is 0 Å². The van der Waals surface area contributed by atoms with Crippen LogP contribution in [0.4, 0.5) is 17.1 Å². The van der Waals surface area contributed by atoms with Crippen molar-refractivity contribution < 1.29 is 44.0 Å². The fraction of sp³-hybridized carbons (Fsp3) is 0. The first-order valence-corrected chi connectivity index (χ1v) is 9.12. The van der Waals surface area contributed by atoms with E-state index in [4.69, 9.17) is 28.9 Å². The van der Waals surface area contributed by atoms with Crippen LogP contribution in [-0.2, 0) is 10.1 Å². The number of fused-ring (bicyclic) bond motifs is 1. The van der Waals surface area contributed by atoms with Gasteiger partial charge in [0.05, 0.1) is 10.7 Å². The van der Waals surface area contributed by atoms with Gasteiger partial charge in [0.1, 0.15) is 16.3 Å². The SMILES string of the molecule is Nc1c(N=Nc2ccc(Cl)cc2Cl)cc(S(=O)(=O)O)c2ccccc12.[H-].[Na+]. The standard InChI is InChI=1S/C16H11Cl2N3O3S.Na.H/c17-9-5-6-13(12(18)7-9)20-21-14-8-15(25(22,23)24)10-3-1-2-4-11(10)16(14)19;;/h1-8H,19H2,(H,22,23,24);;/q;+1;-1. The van der Waals surface area contributed by atoms with Gasteiger partial charge in [-0.1, -0.05) is 47.5 Å². The molecule has 0 unspecified atom stereocenters. The molecule has 3 aromatic carbocycles. The van der Waals surface area contributed by atoms with Crippen LogP contribution in [0.15, 0.2) is 63.7 Å². The molecular weight excluding hydrogens is 408 g/mol. The topological polar surface area (TPSA) is 105 Å². The molecule has 6 nitrogen and oxygen atoms in total. The summed E-state index contributed by atoms with van der Waals surface area (Å²) in [6.45, 7) is 0. The third-order valence-corrected chi connectivity index (χ3v) is 4.91. The van der Waals surface area contributed by atoms with Gasteiger partial charge in [-0.05, 0) is 24.3 Å². The zero-order valence-electron chi connectivity index (χ0n) is 14.5. The summed E-state index contributed by atoms with van der Waals surface area (Å²) in [5, 5.41) is 9.44. The number of rotatable bonds is 3. The molecule has 3 rings (SSSR count). The zero-order valence-corrected chi connectivity index (χ0v) is 17.8. The maximum absolute atomic E-state index is 11.7. The Kier molecular flexibility index (Phi) is 6.68. The number of nitrogen functional groups attached to an aromatic ring is 1. The van der Waals surface area contributed by atoms with Gasteiger partial charge in [-0.2, -0.15) is 8.42 Å². The van der Waals surface area contributed by atoms with Gasteiger partial charge < -0.3 is 7.16 Å². The fourth-order valence-corrected chi connectivity index (χ4v) is 3.48. The summed E-state index contributed by atoms with van der Waals surface area (Å²) in [6.07, 6.45) is 0. The van der Waals surface area contributed by atoms with E-state index in [0.29, 0.717) is 21.5 Å². The van der Waals surface area contributed by atoms with Gasteiger partial charge in [0.25, 0.3) is 10.1 Å². The maximum atomic E-state index is 11.7. The Bertz CT molecular complexity index is 1130. The van der Waals surface area contributed by atoms with Gasteiger partial charge in [-0.15, -0.1) is 10.2 Å². The largest absolute Gasteiger partial charge is 1.00 e. The average Bonchev–Trinajstić information content (AvgIpc) is 2.54. The summed E-state index contributed by atoms with van der Waals surface area (Å²) < 4.78 is 32.9. The molecule has 0 atom stereocenters.